The van der Waals surface area contributed by atoms with Gasteiger partial charge in [-0.2, -0.15) is 0 Å². The van der Waals surface area contributed by atoms with Crippen LogP contribution >= 0.6 is 0 Å². The molecule has 1 aliphatic heterocycles. The first-order chi connectivity index (χ1) is 11.5. The summed E-state index contributed by atoms with van der Waals surface area (Å²) in [6, 6.07) is 5.75. The lowest BCUT2D eigenvalue weighted by molar-refractivity contribution is -0.915. The van der Waals surface area contributed by atoms with Crippen molar-refractivity contribution in [1.82, 2.24) is 0 Å². The number of benzene rings is 1. The van der Waals surface area contributed by atoms with Crippen molar-refractivity contribution in [2.45, 2.75) is 32.8 Å². The number of methoxy groups -OCH3 is 1. The first kappa shape index (κ1) is 18.8. The number of hydrogen-bond donors (Lipinski definition) is 2. The van der Waals surface area contributed by atoms with E-state index in [0.717, 1.165) is 55.0 Å². The number of quaternary nitrogens is 1. The zero-order valence-electron chi connectivity index (χ0n) is 15.3. The Hall–Kier alpha value is -1.52. The van der Waals surface area contributed by atoms with Crippen LogP contribution in [0.3, 0.4) is 0 Å². The molecule has 2 N–H and O–H groups in total. The number of nitrogens with one attached hydrogen (secondary N) is 1. The van der Waals surface area contributed by atoms with Gasteiger partial charge in [0, 0.05) is 17.4 Å². The van der Waals surface area contributed by atoms with Crippen molar-refractivity contribution < 1.29 is 19.5 Å². The minimum absolute atomic E-state index is 0.322. The third kappa shape index (κ3) is 5.53. The van der Waals surface area contributed by atoms with Crippen LogP contribution in [0.5, 0.6) is 11.5 Å². The molecule has 0 amide bonds. The molecule has 0 unspecified atom stereocenters. The van der Waals surface area contributed by atoms with Crippen molar-refractivity contribution in [1.29, 1.82) is 0 Å². The molecule has 134 valence electrons. The lowest BCUT2D eigenvalue weighted by atomic mass is 9.92. The number of aliphatic hydroxyl groups is 1. The van der Waals surface area contributed by atoms with Crippen molar-refractivity contribution in [3.05, 3.63) is 36.4 Å². The van der Waals surface area contributed by atoms with Crippen molar-refractivity contribution in [2.75, 3.05) is 33.4 Å². The zero-order chi connectivity index (χ0) is 17.5. The van der Waals surface area contributed by atoms with Crippen LogP contribution < -0.4 is 14.4 Å². The van der Waals surface area contributed by atoms with Gasteiger partial charge in [-0.05, 0) is 31.0 Å². The first-order valence-electron chi connectivity index (χ1n) is 8.94. The van der Waals surface area contributed by atoms with E-state index in [2.05, 4.69) is 20.4 Å². The average molecular weight is 334 g/mol. The third-order valence-corrected chi connectivity index (χ3v) is 4.67. The topological polar surface area (TPSA) is 43.1 Å². The van der Waals surface area contributed by atoms with Crippen LogP contribution in [0.2, 0.25) is 0 Å². The van der Waals surface area contributed by atoms with Crippen LogP contribution in [-0.2, 0) is 6.42 Å². The minimum atomic E-state index is -0.448. The highest BCUT2D eigenvalue weighted by molar-refractivity contribution is 5.41. The molecule has 1 aromatic carbocycles. The van der Waals surface area contributed by atoms with E-state index >= 15 is 0 Å². The fraction of sp³-hybridized carbons (Fsp3) is 0.600. The van der Waals surface area contributed by atoms with Crippen molar-refractivity contribution in [2.24, 2.45) is 11.8 Å². The van der Waals surface area contributed by atoms with Crippen LogP contribution in [-0.4, -0.2) is 44.6 Å². The van der Waals surface area contributed by atoms with Gasteiger partial charge in [-0.3, -0.25) is 0 Å². The van der Waals surface area contributed by atoms with Crippen molar-refractivity contribution in [3.63, 3.8) is 0 Å². The van der Waals surface area contributed by atoms with E-state index in [9.17, 15) is 5.11 Å². The summed E-state index contributed by atoms with van der Waals surface area (Å²) < 4.78 is 11.1. The maximum atomic E-state index is 10.4. The quantitative estimate of drug-likeness (QED) is 0.712. The van der Waals surface area contributed by atoms with E-state index < -0.39 is 6.10 Å². The van der Waals surface area contributed by atoms with E-state index in [1.54, 1.807) is 7.11 Å². The largest absolute Gasteiger partial charge is 0.497 e. The van der Waals surface area contributed by atoms with Crippen LogP contribution in [0.15, 0.2) is 30.9 Å². The molecular weight excluding hydrogens is 302 g/mol. The fourth-order valence-corrected chi connectivity index (χ4v) is 3.81. The fourth-order valence-electron chi connectivity index (χ4n) is 3.81. The Morgan fingerprint density at radius 2 is 2.04 bits per heavy atom. The Balaban J connectivity index is 1.89. The highest BCUT2D eigenvalue weighted by Gasteiger charge is 2.27. The molecule has 24 heavy (non-hydrogen) atoms. The van der Waals surface area contributed by atoms with Crippen molar-refractivity contribution >= 4 is 0 Å². The predicted octanol–water partition coefficient (Wildman–Crippen LogP) is 1.72. The summed E-state index contributed by atoms with van der Waals surface area (Å²) in [7, 11) is 1.65. The number of allylic oxidation sites excluding steroid dienone is 1. The third-order valence-electron chi connectivity index (χ3n) is 4.67. The maximum Gasteiger partial charge on any atom is 0.137 e. The highest BCUT2D eigenvalue weighted by Crippen LogP contribution is 2.25. The molecule has 0 aromatic heterocycles. The van der Waals surface area contributed by atoms with Gasteiger partial charge in [-0.1, -0.05) is 19.9 Å². The second kappa shape index (κ2) is 9.09. The van der Waals surface area contributed by atoms with Crippen LogP contribution in [0, 0.1) is 11.8 Å². The molecule has 1 fully saturated rings. The van der Waals surface area contributed by atoms with E-state index in [4.69, 9.17) is 9.47 Å². The highest BCUT2D eigenvalue weighted by atomic mass is 16.5. The molecule has 4 heteroatoms. The summed E-state index contributed by atoms with van der Waals surface area (Å²) in [5, 5.41) is 10.4. The number of ether oxygens (including phenoxy) is 2. The normalized spacial score (nSPS) is 25.1. The van der Waals surface area contributed by atoms with Gasteiger partial charge in [-0.25, -0.2) is 0 Å². The summed E-state index contributed by atoms with van der Waals surface area (Å²) in [5.41, 5.74) is 1.03. The smallest absolute Gasteiger partial charge is 0.137 e. The molecule has 2 rings (SSSR count). The summed E-state index contributed by atoms with van der Waals surface area (Å²) in [6.45, 7) is 11.8. The molecule has 0 spiro atoms. The van der Waals surface area contributed by atoms with Crippen LogP contribution in [0.25, 0.3) is 0 Å². The van der Waals surface area contributed by atoms with Gasteiger partial charge in [0.1, 0.15) is 30.8 Å². The number of piperidine rings is 1. The molecule has 0 bridgehead atoms. The zero-order valence-corrected chi connectivity index (χ0v) is 15.3. The Kier molecular flexibility index (Phi) is 7.13. The van der Waals surface area contributed by atoms with Gasteiger partial charge in [0.05, 0.1) is 20.2 Å². The first-order valence-corrected chi connectivity index (χ1v) is 8.94. The second-order valence-electron chi connectivity index (χ2n) is 7.24. The summed E-state index contributed by atoms with van der Waals surface area (Å²) in [6.07, 6.45) is 3.41. The molecule has 3 atom stereocenters. The summed E-state index contributed by atoms with van der Waals surface area (Å²) in [4.78, 5) is 1.48. The van der Waals surface area contributed by atoms with Crippen molar-refractivity contribution in [3.8, 4) is 11.5 Å². The summed E-state index contributed by atoms with van der Waals surface area (Å²) in [5.74, 6) is 3.07. The maximum absolute atomic E-state index is 10.4. The van der Waals surface area contributed by atoms with Gasteiger partial charge >= 0.3 is 0 Å². The standard InChI is InChI=1S/C20H31NO3/c1-5-6-17-10-19(23-4)7-8-20(17)24-14-18(22)13-21-11-15(2)9-16(3)12-21/h5,7-8,10,15-16,18,22H,1,6,9,11-14H2,2-4H3/p+1/t15-,16-,18-/m0/s1. The number of rotatable bonds is 8. The van der Waals surface area contributed by atoms with Gasteiger partial charge in [0.2, 0.25) is 0 Å². The van der Waals surface area contributed by atoms with Gasteiger partial charge in [0.25, 0.3) is 0 Å². The number of aliphatic hydroxyl groups excluding tert-OH is 1. The van der Waals surface area contributed by atoms with Crippen LogP contribution in [0.4, 0.5) is 0 Å². The number of hydrogen-bond acceptors (Lipinski definition) is 3. The van der Waals surface area contributed by atoms with Gasteiger partial charge < -0.3 is 19.5 Å². The second-order valence-corrected chi connectivity index (χ2v) is 7.24. The molecule has 0 aliphatic carbocycles. The van der Waals surface area contributed by atoms with E-state index in [0.29, 0.717) is 6.61 Å². The molecule has 0 saturated carbocycles. The number of likely N-dealkylation sites (tertiary alicyclic amines) is 1. The SMILES string of the molecule is C=CCc1cc(OC)ccc1OC[C@@H](O)C[NH+]1C[C@@H](C)C[C@H](C)C1. The lowest BCUT2D eigenvalue weighted by Gasteiger charge is -2.33. The molecular formula is C20H32NO3+. The van der Waals surface area contributed by atoms with Gasteiger partial charge in [-0.15, -0.1) is 6.58 Å². The predicted molar refractivity (Wildman–Crippen MR) is 96.9 cm³/mol. The van der Waals surface area contributed by atoms with E-state index in [-0.39, 0.29) is 0 Å². The molecule has 1 aliphatic rings. The Morgan fingerprint density at radius 1 is 1.33 bits per heavy atom. The Bertz CT molecular complexity index is 522. The molecule has 1 saturated heterocycles. The molecule has 1 aromatic rings. The van der Waals surface area contributed by atoms with Crippen LogP contribution in [0.1, 0.15) is 25.8 Å². The molecule has 0 radical (unpaired) electrons. The lowest BCUT2D eigenvalue weighted by Crippen LogP contribution is -3.15. The molecule has 4 nitrogen and oxygen atoms in total. The molecule has 1 heterocycles. The Labute approximate surface area is 146 Å². The van der Waals surface area contributed by atoms with E-state index in [1.165, 1.54) is 11.3 Å². The van der Waals surface area contributed by atoms with Gasteiger partial charge in [0.15, 0.2) is 0 Å². The average Bonchev–Trinajstić information content (AvgIpc) is 2.53. The minimum Gasteiger partial charge on any atom is -0.497 e. The summed E-state index contributed by atoms with van der Waals surface area (Å²) >= 11 is 0. The monoisotopic (exact) mass is 334 g/mol. The Morgan fingerprint density at radius 3 is 2.67 bits per heavy atom. The van der Waals surface area contributed by atoms with E-state index in [1.807, 2.05) is 24.3 Å².